The molecule has 5 heteroatoms. The highest BCUT2D eigenvalue weighted by Gasteiger charge is 2.26. The molecule has 1 heterocycles. The number of aliphatic hydroxyl groups is 1. The summed E-state index contributed by atoms with van der Waals surface area (Å²) in [5.41, 5.74) is 0. The van der Waals surface area contributed by atoms with Crippen LogP contribution >= 0.6 is 11.6 Å². The molecule has 3 nitrogen and oxygen atoms in total. The van der Waals surface area contributed by atoms with Gasteiger partial charge in [0.15, 0.2) is 0 Å². The molecule has 0 saturated carbocycles. The predicted molar refractivity (Wildman–Crippen MR) is 54.7 cm³/mol. The van der Waals surface area contributed by atoms with Crippen molar-refractivity contribution in [1.29, 1.82) is 0 Å². The Bertz CT molecular complexity index is 361. The number of hydrogen-bond donors (Lipinski definition) is 2. The maximum Gasteiger partial charge on any atom is 0.142 e. The molecule has 0 amide bonds. The van der Waals surface area contributed by atoms with Gasteiger partial charge < -0.3 is 15.2 Å². The van der Waals surface area contributed by atoms with E-state index in [0.717, 1.165) is 0 Å². The molecule has 2 unspecified atom stereocenters. The summed E-state index contributed by atoms with van der Waals surface area (Å²) in [6.45, 7) is 1.09. The molecule has 1 aliphatic heterocycles. The number of nitrogens with one attached hydrogen (secondary N) is 1. The lowest BCUT2D eigenvalue weighted by Gasteiger charge is -2.16. The van der Waals surface area contributed by atoms with E-state index in [1.54, 1.807) is 0 Å². The van der Waals surface area contributed by atoms with Crippen LogP contribution in [0.25, 0.3) is 0 Å². The predicted octanol–water partition coefficient (Wildman–Crippen LogP) is 1.19. The van der Waals surface area contributed by atoms with Crippen molar-refractivity contribution >= 4 is 11.6 Å². The van der Waals surface area contributed by atoms with E-state index in [1.165, 1.54) is 18.2 Å². The van der Waals surface area contributed by atoms with Crippen LogP contribution in [-0.4, -0.2) is 30.4 Å². The van der Waals surface area contributed by atoms with E-state index < -0.39 is 11.9 Å². The Labute approximate surface area is 91.8 Å². The maximum atomic E-state index is 12.8. The lowest BCUT2D eigenvalue weighted by Crippen LogP contribution is -2.29. The standard InChI is InChI=1S/C10H11ClFNO2/c11-7-3-6(1-2-8(7)12)15-10-5-13-4-9(10)14/h1-3,9-10,13-14H,4-5H2. The van der Waals surface area contributed by atoms with E-state index in [-0.39, 0.29) is 11.1 Å². The summed E-state index contributed by atoms with van der Waals surface area (Å²) in [4.78, 5) is 0. The second kappa shape index (κ2) is 4.35. The van der Waals surface area contributed by atoms with Crippen molar-refractivity contribution in [2.75, 3.05) is 13.1 Å². The molecule has 2 atom stereocenters. The second-order valence-electron chi connectivity index (χ2n) is 3.46. The van der Waals surface area contributed by atoms with Crippen molar-refractivity contribution in [1.82, 2.24) is 5.32 Å². The van der Waals surface area contributed by atoms with Gasteiger partial charge >= 0.3 is 0 Å². The first-order valence-corrected chi connectivity index (χ1v) is 5.05. The van der Waals surface area contributed by atoms with Gasteiger partial charge in [-0.3, -0.25) is 0 Å². The first kappa shape index (κ1) is 10.7. The molecule has 0 aliphatic carbocycles. The van der Waals surface area contributed by atoms with Gasteiger partial charge in [-0.05, 0) is 12.1 Å². The van der Waals surface area contributed by atoms with Gasteiger partial charge in [-0.25, -0.2) is 4.39 Å². The van der Waals surface area contributed by atoms with Crippen LogP contribution in [0.4, 0.5) is 4.39 Å². The van der Waals surface area contributed by atoms with Crippen LogP contribution in [0.5, 0.6) is 5.75 Å². The summed E-state index contributed by atoms with van der Waals surface area (Å²) >= 11 is 5.60. The van der Waals surface area contributed by atoms with E-state index >= 15 is 0 Å². The van der Waals surface area contributed by atoms with E-state index in [0.29, 0.717) is 18.8 Å². The summed E-state index contributed by atoms with van der Waals surface area (Å²) in [7, 11) is 0. The van der Waals surface area contributed by atoms with Crippen molar-refractivity contribution in [3.63, 3.8) is 0 Å². The van der Waals surface area contributed by atoms with Gasteiger partial charge in [0.1, 0.15) is 23.8 Å². The van der Waals surface area contributed by atoms with Gasteiger partial charge in [0, 0.05) is 19.2 Å². The molecule has 0 bridgehead atoms. The molecule has 1 saturated heterocycles. The number of hydrogen-bond acceptors (Lipinski definition) is 3. The monoisotopic (exact) mass is 231 g/mol. The summed E-state index contributed by atoms with van der Waals surface area (Å²) in [5, 5.41) is 12.5. The molecule has 82 valence electrons. The fourth-order valence-corrected chi connectivity index (χ4v) is 1.66. The minimum atomic E-state index is -0.533. The summed E-state index contributed by atoms with van der Waals surface area (Å²) in [5.74, 6) is -0.0109. The third-order valence-electron chi connectivity index (χ3n) is 2.31. The highest BCUT2D eigenvalue weighted by molar-refractivity contribution is 6.30. The minimum Gasteiger partial charge on any atom is -0.486 e. The Kier molecular flexibility index (Phi) is 3.09. The van der Waals surface area contributed by atoms with Crippen LogP contribution in [0.2, 0.25) is 5.02 Å². The van der Waals surface area contributed by atoms with E-state index in [4.69, 9.17) is 16.3 Å². The molecule has 1 aliphatic rings. The van der Waals surface area contributed by atoms with Gasteiger partial charge in [-0.15, -0.1) is 0 Å². The third-order valence-corrected chi connectivity index (χ3v) is 2.60. The maximum absolute atomic E-state index is 12.8. The van der Waals surface area contributed by atoms with Crippen molar-refractivity contribution < 1.29 is 14.2 Å². The molecule has 0 radical (unpaired) electrons. The van der Waals surface area contributed by atoms with Crippen molar-refractivity contribution in [2.24, 2.45) is 0 Å². The van der Waals surface area contributed by atoms with Crippen LogP contribution in [-0.2, 0) is 0 Å². The second-order valence-corrected chi connectivity index (χ2v) is 3.87. The first-order valence-electron chi connectivity index (χ1n) is 4.67. The Morgan fingerprint density at radius 1 is 1.47 bits per heavy atom. The van der Waals surface area contributed by atoms with Crippen molar-refractivity contribution in [2.45, 2.75) is 12.2 Å². The average Bonchev–Trinajstić information content (AvgIpc) is 2.59. The fourth-order valence-electron chi connectivity index (χ4n) is 1.49. The smallest absolute Gasteiger partial charge is 0.142 e. The SMILES string of the molecule is OC1CNCC1Oc1ccc(F)c(Cl)c1. The van der Waals surface area contributed by atoms with Crippen LogP contribution < -0.4 is 10.1 Å². The molecule has 1 fully saturated rings. The topological polar surface area (TPSA) is 41.5 Å². The lowest BCUT2D eigenvalue weighted by molar-refractivity contribution is 0.0737. The summed E-state index contributed by atoms with van der Waals surface area (Å²) < 4.78 is 18.3. The van der Waals surface area contributed by atoms with Gasteiger partial charge in [-0.1, -0.05) is 11.6 Å². The Hall–Kier alpha value is -0.840. The Morgan fingerprint density at radius 3 is 2.87 bits per heavy atom. The number of rotatable bonds is 2. The molecule has 2 rings (SSSR count). The van der Waals surface area contributed by atoms with Gasteiger partial charge in [-0.2, -0.15) is 0 Å². The zero-order valence-electron chi connectivity index (χ0n) is 7.91. The van der Waals surface area contributed by atoms with Gasteiger partial charge in [0.2, 0.25) is 0 Å². The van der Waals surface area contributed by atoms with E-state index in [9.17, 15) is 9.50 Å². The van der Waals surface area contributed by atoms with E-state index in [1.807, 2.05) is 0 Å². The average molecular weight is 232 g/mol. The molecule has 2 N–H and O–H groups in total. The fraction of sp³-hybridized carbons (Fsp3) is 0.400. The zero-order valence-corrected chi connectivity index (χ0v) is 8.67. The largest absolute Gasteiger partial charge is 0.486 e. The van der Waals surface area contributed by atoms with Crippen LogP contribution in [0.15, 0.2) is 18.2 Å². The Morgan fingerprint density at radius 2 is 2.27 bits per heavy atom. The molecule has 1 aromatic rings. The van der Waals surface area contributed by atoms with E-state index in [2.05, 4.69) is 5.32 Å². The molecule has 0 spiro atoms. The number of aliphatic hydroxyl groups excluding tert-OH is 1. The number of halogens is 2. The Balaban J connectivity index is 2.07. The highest BCUT2D eigenvalue weighted by atomic mass is 35.5. The molecule has 15 heavy (non-hydrogen) atoms. The number of ether oxygens (including phenoxy) is 1. The molecular formula is C10H11ClFNO2. The third kappa shape index (κ3) is 2.40. The number of β-amino-alcohol motifs (C(OH)–C–C–N with tert-alkyl or cyclic N) is 1. The normalized spacial score (nSPS) is 25.5. The minimum absolute atomic E-state index is 0.0212. The quantitative estimate of drug-likeness (QED) is 0.804. The summed E-state index contributed by atoms with van der Waals surface area (Å²) in [6.07, 6.45) is -0.833. The van der Waals surface area contributed by atoms with Gasteiger partial charge in [0.25, 0.3) is 0 Å². The van der Waals surface area contributed by atoms with Crippen molar-refractivity contribution in [3.05, 3.63) is 29.0 Å². The first-order chi connectivity index (χ1) is 7.16. The molecule has 1 aromatic carbocycles. The lowest BCUT2D eigenvalue weighted by atomic mass is 10.2. The van der Waals surface area contributed by atoms with Crippen molar-refractivity contribution in [3.8, 4) is 5.75 Å². The summed E-state index contributed by atoms with van der Waals surface area (Å²) in [6, 6.07) is 4.14. The molecule has 0 aromatic heterocycles. The zero-order chi connectivity index (χ0) is 10.8. The van der Waals surface area contributed by atoms with Crippen LogP contribution in [0.3, 0.4) is 0 Å². The van der Waals surface area contributed by atoms with Gasteiger partial charge in [0.05, 0.1) is 5.02 Å². The van der Waals surface area contributed by atoms with Crippen LogP contribution in [0.1, 0.15) is 0 Å². The highest BCUT2D eigenvalue weighted by Crippen LogP contribution is 2.22. The molecular weight excluding hydrogens is 221 g/mol. The number of benzene rings is 1. The van der Waals surface area contributed by atoms with Crippen LogP contribution in [0, 0.1) is 5.82 Å².